The second-order valence-electron chi connectivity index (χ2n) is 8.39. The number of nitrogens with zero attached hydrogens (tertiary/aromatic N) is 3. The van der Waals surface area contributed by atoms with Crippen LogP contribution < -0.4 is 9.62 Å². The van der Waals surface area contributed by atoms with Crippen LogP contribution in [0.15, 0.2) is 53.0 Å². The Morgan fingerprint density at radius 2 is 1.66 bits per heavy atom. The molecule has 0 spiro atoms. The molecule has 0 fully saturated rings. The lowest BCUT2D eigenvalue weighted by atomic mass is 10.1. The lowest BCUT2D eigenvalue weighted by Crippen LogP contribution is -2.53. The highest BCUT2D eigenvalue weighted by molar-refractivity contribution is 9.10. The van der Waals surface area contributed by atoms with E-state index in [0.717, 1.165) is 24.7 Å². The Balaban J connectivity index is 2.46. The van der Waals surface area contributed by atoms with Crippen LogP contribution in [0.25, 0.3) is 0 Å². The summed E-state index contributed by atoms with van der Waals surface area (Å²) in [4.78, 5) is 27.8. The van der Waals surface area contributed by atoms with Crippen LogP contribution in [0, 0.1) is 5.82 Å². The first-order valence-electron chi connectivity index (χ1n) is 11.2. The summed E-state index contributed by atoms with van der Waals surface area (Å²) in [5, 5.41) is 2.86. The largest absolute Gasteiger partial charge is 0.352 e. The first kappa shape index (κ1) is 28.7. The van der Waals surface area contributed by atoms with Gasteiger partial charge in [0.15, 0.2) is 0 Å². The molecule has 1 N–H and O–H groups in total. The zero-order chi connectivity index (χ0) is 26.3. The van der Waals surface area contributed by atoms with Crippen molar-refractivity contribution in [2.24, 2.45) is 0 Å². The topological polar surface area (TPSA) is 90.0 Å². The van der Waals surface area contributed by atoms with Gasteiger partial charge in [-0.25, -0.2) is 8.70 Å². The van der Waals surface area contributed by atoms with Crippen LogP contribution in [-0.2, 0) is 26.3 Å². The van der Waals surface area contributed by atoms with Crippen molar-refractivity contribution >= 4 is 43.6 Å². The van der Waals surface area contributed by atoms with Crippen LogP contribution in [0.2, 0.25) is 0 Å². The van der Waals surface area contributed by atoms with Crippen molar-refractivity contribution in [3.8, 4) is 0 Å². The molecule has 192 valence electrons. The van der Waals surface area contributed by atoms with Gasteiger partial charge in [-0.3, -0.25) is 9.59 Å². The van der Waals surface area contributed by atoms with Crippen LogP contribution in [0.3, 0.4) is 0 Å². The molecule has 2 rings (SSSR count). The van der Waals surface area contributed by atoms with Crippen LogP contribution >= 0.6 is 15.9 Å². The lowest BCUT2D eigenvalue weighted by molar-refractivity contribution is -0.139. The average Bonchev–Trinajstić information content (AvgIpc) is 2.81. The molecule has 0 saturated carbocycles. The summed E-state index contributed by atoms with van der Waals surface area (Å²) in [5.41, 5.74) is 0.493. The van der Waals surface area contributed by atoms with Crippen molar-refractivity contribution in [1.82, 2.24) is 14.5 Å². The molecular weight excluding hydrogens is 539 g/mol. The number of hydrogen-bond acceptors (Lipinski definition) is 4. The summed E-state index contributed by atoms with van der Waals surface area (Å²) in [6.07, 6.45) is 0.710. The first-order valence-corrected chi connectivity index (χ1v) is 13.4. The first-order chi connectivity index (χ1) is 16.4. The number of rotatable bonds is 11. The predicted octanol–water partition coefficient (Wildman–Crippen LogP) is 3.53. The van der Waals surface area contributed by atoms with Gasteiger partial charge < -0.3 is 10.2 Å². The van der Waals surface area contributed by atoms with E-state index in [2.05, 4.69) is 21.2 Å². The van der Waals surface area contributed by atoms with Gasteiger partial charge in [-0.1, -0.05) is 47.1 Å². The fraction of sp³-hybridized carbons (Fsp3) is 0.417. The normalized spacial score (nSPS) is 13.3. The Kier molecular flexibility index (Phi) is 10.2. The van der Waals surface area contributed by atoms with Gasteiger partial charge in [0.2, 0.25) is 11.8 Å². The van der Waals surface area contributed by atoms with Gasteiger partial charge in [-0.05, 0) is 50.1 Å². The fourth-order valence-corrected chi connectivity index (χ4v) is 4.52. The van der Waals surface area contributed by atoms with Gasteiger partial charge in [-0.15, -0.1) is 0 Å². The number of benzene rings is 2. The zero-order valence-electron chi connectivity index (χ0n) is 20.5. The third-order valence-corrected chi connectivity index (χ3v) is 7.91. The summed E-state index contributed by atoms with van der Waals surface area (Å²) in [6, 6.07) is 11.6. The van der Waals surface area contributed by atoms with Crippen LogP contribution in [-0.4, -0.2) is 62.2 Å². The van der Waals surface area contributed by atoms with Gasteiger partial charge >= 0.3 is 10.2 Å². The summed E-state index contributed by atoms with van der Waals surface area (Å²) in [6.45, 7) is 4.75. The Hall–Kier alpha value is -2.50. The molecule has 0 bridgehead atoms. The van der Waals surface area contributed by atoms with Crippen molar-refractivity contribution in [2.75, 3.05) is 24.9 Å². The van der Waals surface area contributed by atoms with E-state index in [0.29, 0.717) is 6.42 Å². The van der Waals surface area contributed by atoms with E-state index in [-0.39, 0.29) is 24.2 Å². The highest BCUT2D eigenvalue weighted by Crippen LogP contribution is 2.24. The van der Waals surface area contributed by atoms with Crippen molar-refractivity contribution in [1.29, 1.82) is 0 Å². The number of carbonyl (C=O) groups excluding carboxylic acids is 2. The highest BCUT2D eigenvalue weighted by Gasteiger charge is 2.33. The number of nitrogens with one attached hydrogen (secondary N) is 1. The molecule has 0 radical (unpaired) electrons. The number of anilines is 1. The molecule has 0 aromatic heterocycles. The standard InChI is InChI=1S/C24H32BrFN4O4S/c1-6-17(2)27-24(32)18(3)29(15-19-11-13-20(25)14-12-19)23(31)16-30(35(33,34)28(4)5)22-10-8-7-9-21(22)26/h7-14,17-18H,6,15-16H2,1-5H3,(H,27,32). The van der Waals surface area contributed by atoms with Gasteiger partial charge in [0.25, 0.3) is 0 Å². The molecule has 2 atom stereocenters. The summed E-state index contributed by atoms with van der Waals surface area (Å²) in [5.74, 6) is -1.79. The minimum atomic E-state index is -4.22. The third-order valence-electron chi connectivity index (χ3n) is 5.57. The molecule has 11 heteroatoms. The van der Waals surface area contributed by atoms with Gasteiger partial charge in [0.05, 0.1) is 5.69 Å². The second-order valence-corrected chi connectivity index (χ2v) is 11.4. The molecule has 2 aromatic carbocycles. The van der Waals surface area contributed by atoms with E-state index in [4.69, 9.17) is 0 Å². The number of para-hydroxylation sites is 1. The molecule has 2 aromatic rings. The van der Waals surface area contributed by atoms with Crippen molar-refractivity contribution in [3.63, 3.8) is 0 Å². The number of halogens is 2. The molecule has 0 aliphatic carbocycles. The quantitative estimate of drug-likeness (QED) is 0.447. The maximum Gasteiger partial charge on any atom is 0.304 e. The van der Waals surface area contributed by atoms with E-state index in [1.54, 1.807) is 19.1 Å². The van der Waals surface area contributed by atoms with E-state index in [1.165, 1.54) is 37.2 Å². The smallest absolute Gasteiger partial charge is 0.304 e. The summed E-state index contributed by atoms with van der Waals surface area (Å²) >= 11 is 3.37. The molecule has 2 amide bonds. The summed E-state index contributed by atoms with van der Waals surface area (Å²) < 4.78 is 43.2. The number of carbonyl (C=O) groups is 2. The Bertz CT molecular complexity index is 1130. The lowest BCUT2D eigenvalue weighted by Gasteiger charge is -2.33. The minimum absolute atomic E-state index is 0.0638. The Labute approximate surface area is 215 Å². The Morgan fingerprint density at radius 3 is 2.20 bits per heavy atom. The van der Waals surface area contributed by atoms with E-state index in [9.17, 15) is 22.4 Å². The van der Waals surface area contributed by atoms with Gasteiger partial charge in [0.1, 0.15) is 18.4 Å². The SMILES string of the molecule is CCC(C)NC(=O)C(C)N(Cc1ccc(Br)cc1)C(=O)CN(c1ccccc1F)S(=O)(=O)N(C)C. The van der Waals surface area contributed by atoms with E-state index in [1.807, 2.05) is 26.0 Å². The maximum absolute atomic E-state index is 14.6. The van der Waals surface area contributed by atoms with E-state index >= 15 is 0 Å². The van der Waals surface area contributed by atoms with E-state index < -0.39 is 34.5 Å². The number of hydrogen-bond donors (Lipinski definition) is 1. The van der Waals surface area contributed by atoms with Crippen molar-refractivity contribution in [2.45, 2.75) is 45.8 Å². The minimum Gasteiger partial charge on any atom is -0.352 e. The fourth-order valence-electron chi connectivity index (χ4n) is 3.19. The average molecular weight is 572 g/mol. The molecule has 0 aliphatic heterocycles. The number of amides is 2. The van der Waals surface area contributed by atoms with Crippen LogP contribution in [0.5, 0.6) is 0 Å². The molecule has 0 saturated heterocycles. The molecular formula is C24H32BrFN4O4S. The van der Waals surface area contributed by atoms with Crippen LogP contribution in [0.4, 0.5) is 10.1 Å². The predicted molar refractivity (Wildman–Crippen MR) is 138 cm³/mol. The third kappa shape index (κ3) is 7.49. The molecule has 2 unspecified atom stereocenters. The van der Waals surface area contributed by atoms with Crippen LogP contribution in [0.1, 0.15) is 32.8 Å². The molecule has 8 nitrogen and oxygen atoms in total. The zero-order valence-corrected chi connectivity index (χ0v) is 22.9. The van der Waals surface area contributed by atoms with Gasteiger partial charge in [-0.2, -0.15) is 12.7 Å². The van der Waals surface area contributed by atoms with Crippen molar-refractivity contribution < 1.29 is 22.4 Å². The maximum atomic E-state index is 14.6. The molecule has 35 heavy (non-hydrogen) atoms. The second kappa shape index (κ2) is 12.5. The highest BCUT2D eigenvalue weighted by atomic mass is 79.9. The summed E-state index contributed by atoms with van der Waals surface area (Å²) in [7, 11) is -1.62. The monoisotopic (exact) mass is 570 g/mol. The molecule has 0 heterocycles. The van der Waals surface area contributed by atoms with Crippen molar-refractivity contribution in [3.05, 3.63) is 64.4 Å². The Morgan fingerprint density at radius 1 is 1.06 bits per heavy atom. The molecule has 0 aliphatic rings. The van der Waals surface area contributed by atoms with Gasteiger partial charge in [0, 0.05) is 31.2 Å².